The molecule has 110 valence electrons. The minimum atomic E-state index is -0.702. The highest BCUT2D eigenvalue weighted by molar-refractivity contribution is 5.24. The summed E-state index contributed by atoms with van der Waals surface area (Å²) in [6.45, 7) is 2.16. The van der Waals surface area contributed by atoms with Crippen molar-refractivity contribution in [3.05, 3.63) is 35.6 Å². The molecule has 3 heteroatoms. The van der Waals surface area contributed by atoms with Gasteiger partial charge in [-0.1, -0.05) is 25.5 Å². The third kappa shape index (κ3) is 2.26. The molecular weight excluding hydrogens is 256 g/mol. The van der Waals surface area contributed by atoms with E-state index in [0.717, 1.165) is 19.3 Å². The Bertz CT molecular complexity index is 459. The van der Waals surface area contributed by atoms with Crippen molar-refractivity contribution in [3.8, 4) is 0 Å². The van der Waals surface area contributed by atoms with Crippen molar-refractivity contribution in [2.75, 3.05) is 7.05 Å². The van der Waals surface area contributed by atoms with Gasteiger partial charge >= 0.3 is 0 Å². The van der Waals surface area contributed by atoms with Crippen molar-refractivity contribution in [1.82, 2.24) is 4.90 Å². The highest BCUT2D eigenvalue weighted by Gasteiger charge is 2.50. The molecule has 2 saturated heterocycles. The van der Waals surface area contributed by atoms with E-state index in [4.69, 9.17) is 0 Å². The lowest BCUT2D eigenvalue weighted by atomic mass is 9.74. The monoisotopic (exact) mass is 279 g/mol. The second-order valence-electron chi connectivity index (χ2n) is 6.41. The van der Waals surface area contributed by atoms with Crippen LogP contribution >= 0.6 is 0 Å². The van der Waals surface area contributed by atoms with Crippen LogP contribution in [0.2, 0.25) is 0 Å². The quantitative estimate of drug-likeness (QED) is 0.803. The standard InChI is InChI=1S/C17H23F2N/c1-3-4-14-15(11-5-7-12(18)8-6-11)9-13-10-16(19)17(14)20(13)2/h5-8,13-17H,3-4,9-10H2,1-2H3/t13-,14+,15+,16-,17+/m1/s1. The molecule has 2 aliphatic heterocycles. The number of benzene rings is 1. The highest BCUT2D eigenvalue weighted by atomic mass is 19.1. The zero-order valence-electron chi connectivity index (χ0n) is 12.2. The van der Waals surface area contributed by atoms with Crippen LogP contribution in [0.4, 0.5) is 8.78 Å². The molecule has 0 N–H and O–H groups in total. The first-order valence-electron chi connectivity index (χ1n) is 7.73. The summed E-state index contributed by atoms with van der Waals surface area (Å²) in [6, 6.07) is 7.24. The van der Waals surface area contributed by atoms with E-state index in [0.29, 0.717) is 24.3 Å². The van der Waals surface area contributed by atoms with E-state index in [1.54, 1.807) is 0 Å². The number of alkyl halides is 1. The Labute approximate surface area is 120 Å². The number of piperidine rings is 1. The molecule has 1 nitrogen and oxygen atoms in total. The summed E-state index contributed by atoms with van der Waals surface area (Å²) in [6.07, 6.45) is 3.09. The van der Waals surface area contributed by atoms with Gasteiger partial charge in [-0.3, -0.25) is 4.90 Å². The third-order valence-corrected chi connectivity index (χ3v) is 5.32. The van der Waals surface area contributed by atoms with Gasteiger partial charge in [0.05, 0.1) is 0 Å². The van der Waals surface area contributed by atoms with Crippen LogP contribution in [-0.4, -0.2) is 30.2 Å². The fourth-order valence-corrected chi connectivity index (χ4v) is 4.40. The fraction of sp³-hybridized carbons (Fsp3) is 0.647. The van der Waals surface area contributed by atoms with Gasteiger partial charge in [-0.2, -0.15) is 0 Å². The predicted molar refractivity (Wildman–Crippen MR) is 77.0 cm³/mol. The van der Waals surface area contributed by atoms with Crippen LogP contribution in [0.25, 0.3) is 0 Å². The average molecular weight is 279 g/mol. The zero-order valence-corrected chi connectivity index (χ0v) is 12.2. The largest absolute Gasteiger partial charge is 0.297 e. The van der Waals surface area contributed by atoms with Crippen LogP contribution in [0.15, 0.2) is 24.3 Å². The topological polar surface area (TPSA) is 3.24 Å². The molecule has 3 rings (SSSR count). The Morgan fingerprint density at radius 3 is 2.55 bits per heavy atom. The first-order chi connectivity index (χ1) is 9.61. The smallest absolute Gasteiger partial charge is 0.123 e. The molecule has 0 aromatic heterocycles. The minimum Gasteiger partial charge on any atom is -0.297 e. The summed E-state index contributed by atoms with van der Waals surface area (Å²) in [7, 11) is 2.07. The maximum Gasteiger partial charge on any atom is 0.123 e. The van der Waals surface area contributed by atoms with Crippen LogP contribution in [0.1, 0.15) is 44.1 Å². The van der Waals surface area contributed by atoms with Gasteiger partial charge in [0.1, 0.15) is 12.0 Å². The number of halogens is 2. The molecule has 0 unspecified atom stereocenters. The van der Waals surface area contributed by atoms with Crippen molar-refractivity contribution < 1.29 is 8.78 Å². The lowest BCUT2D eigenvalue weighted by Crippen LogP contribution is -2.47. The number of nitrogens with zero attached hydrogens (tertiary/aromatic N) is 1. The lowest BCUT2D eigenvalue weighted by Gasteiger charge is -2.43. The second-order valence-corrected chi connectivity index (χ2v) is 6.41. The molecule has 2 heterocycles. The van der Waals surface area contributed by atoms with Crippen molar-refractivity contribution in [2.45, 2.75) is 56.8 Å². The molecule has 0 saturated carbocycles. The van der Waals surface area contributed by atoms with E-state index in [-0.39, 0.29) is 11.9 Å². The SMILES string of the molecule is CCC[C@@H]1[C@H]2[C@H](F)C[C@@H](C[C@H]1c1ccc(F)cc1)N2C. The normalized spacial score (nSPS) is 37.3. The van der Waals surface area contributed by atoms with E-state index in [9.17, 15) is 8.78 Å². The van der Waals surface area contributed by atoms with Gasteiger partial charge in [0.15, 0.2) is 0 Å². The molecule has 2 aliphatic rings. The van der Waals surface area contributed by atoms with Gasteiger partial charge in [-0.25, -0.2) is 8.78 Å². The van der Waals surface area contributed by atoms with E-state index in [1.807, 2.05) is 12.1 Å². The Balaban J connectivity index is 1.91. The molecule has 1 aromatic rings. The molecule has 0 radical (unpaired) electrons. The van der Waals surface area contributed by atoms with E-state index >= 15 is 0 Å². The zero-order chi connectivity index (χ0) is 14.3. The molecule has 0 aliphatic carbocycles. The first-order valence-corrected chi connectivity index (χ1v) is 7.73. The number of hydrogen-bond acceptors (Lipinski definition) is 1. The molecule has 0 spiro atoms. The average Bonchev–Trinajstić information content (AvgIpc) is 2.61. The predicted octanol–water partition coefficient (Wildman–Crippen LogP) is 4.14. The Kier molecular flexibility index (Phi) is 3.80. The Morgan fingerprint density at radius 1 is 1.20 bits per heavy atom. The van der Waals surface area contributed by atoms with Gasteiger partial charge in [0.25, 0.3) is 0 Å². The maximum absolute atomic E-state index is 14.4. The van der Waals surface area contributed by atoms with E-state index in [2.05, 4.69) is 18.9 Å². The van der Waals surface area contributed by atoms with Crippen LogP contribution < -0.4 is 0 Å². The molecular formula is C17H23F2N. The van der Waals surface area contributed by atoms with Gasteiger partial charge in [0, 0.05) is 12.1 Å². The number of fused-ring (bicyclic) bond motifs is 2. The Hall–Kier alpha value is -0.960. The molecule has 0 amide bonds. The molecule has 1 aromatic carbocycles. The van der Waals surface area contributed by atoms with Gasteiger partial charge in [-0.15, -0.1) is 0 Å². The minimum absolute atomic E-state index is 0.0451. The molecule has 20 heavy (non-hydrogen) atoms. The highest BCUT2D eigenvalue weighted by Crippen LogP contribution is 2.48. The third-order valence-electron chi connectivity index (χ3n) is 5.32. The van der Waals surface area contributed by atoms with Crippen molar-refractivity contribution in [1.29, 1.82) is 0 Å². The summed E-state index contributed by atoms with van der Waals surface area (Å²) in [5.41, 5.74) is 1.18. The van der Waals surface area contributed by atoms with Gasteiger partial charge in [0.2, 0.25) is 0 Å². The van der Waals surface area contributed by atoms with Crippen molar-refractivity contribution >= 4 is 0 Å². The second kappa shape index (κ2) is 5.44. The summed E-state index contributed by atoms with van der Waals surface area (Å²) >= 11 is 0. The van der Waals surface area contributed by atoms with Gasteiger partial charge < -0.3 is 0 Å². The maximum atomic E-state index is 14.4. The molecule has 2 bridgehead atoms. The van der Waals surface area contributed by atoms with Crippen LogP contribution in [-0.2, 0) is 0 Å². The van der Waals surface area contributed by atoms with E-state index in [1.165, 1.54) is 17.7 Å². The lowest BCUT2D eigenvalue weighted by molar-refractivity contribution is 0.0705. The van der Waals surface area contributed by atoms with Crippen LogP contribution in [0, 0.1) is 11.7 Å². The van der Waals surface area contributed by atoms with Gasteiger partial charge in [-0.05, 0) is 55.8 Å². The summed E-state index contributed by atoms with van der Waals surface area (Å²) < 4.78 is 27.5. The summed E-state index contributed by atoms with van der Waals surface area (Å²) in [5.74, 6) is 0.534. The number of hydrogen-bond donors (Lipinski definition) is 0. The Morgan fingerprint density at radius 2 is 1.90 bits per heavy atom. The first kappa shape index (κ1) is 14.0. The van der Waals surface area contributed by atoms with Crippen molar-refractivity contribution in [3.63, 3.8) is 0 Å². The summed E-state index contributed by atoms with van der Waals surface area (Å²) in [5, 5.41) is 0. The van der Waals surface area contributed by atoms with E-state index < -0.39 is 6.17 Å². The number of rotatable bonds is 3. The van der Waals surface area contributed by atoms with Crippen LogP contribution in [0.5, 0.6) is 0 Å². The molecule has 5 atom stereocenters. The van der Waals surface area contributed by atoms with Crippen molar-refractivity contribution in [2.24, 2.45) is 5.92 Å². The van der Waals surface area contributed by atoms with Crippen LogP contribution in [0.3, 0.4) is 0 Å². The molecule has 2 fully saturated rings. The summed E-state index contributed by atoms with van der Waals surface area (Å²) in [4.78, 5) is 2.25. The fourth-order valence-electron chi connectivity index (χ4n) is 4.40.